The minimum Gasteiger partial charge on any atom is -0.805 e. The topological polar surface area (TPSA) is 217 Å². The molecule has 1 aliphatic rings. The summed E-state index contributed by atoms with van der Waals surface area (Å²) in [5.74, 6) is -2.97. The van der Waals surface area contributed by atoms with Crippen LogP contribution >= 0.6 is 0 Å². The van der Waals surface area contributed by atoms with E-state index < -0.39 is 83.5 Å². The lowest BCUT2D eigenvalue weighted by Gasteiger charge is -2.25. The Hall–Kier alpha value is -3.46. The van der Waals surface area contributed by atoms with Gasteiger partial charge in [0.15, 0.2) is 11.4 Å². The lowest BCUT2D eigenvalue weighted by atomic mass is 9.96. The molecule has 0 aromatic carbocycles. The van der Waals surface area contributed by atoms with Gasteiger partial charge in [0.1, 0.15) is 24.6 Å². The van der Waals surface area contributed by atoms with E-state index in [2.05, 4.69) is 0 Å². The Kier molecular flexibility index (Phi) is 4.56. The fourth-order valence-electron chi connectivity index (χ4n) is 3.04. The molecule has 148 valence electrons. The van der Waals surface area contributed by atoms with Crippen LogP contribution < -0.4 is 8.85 Å². The third kappa shape index (κ3) is 2.23. The van der Waals surface area contributed by atoms with Crippen molar-refractivity contribution in [3.8, 4) is 0 Å². The number of rotatable bonds is 4. The second-order valence-electron chi connectivity index (χ2n) is 5.65. The predicted molar refractivity (Wildman–Crippen MR) is 83.7 cm³/mol. The van der Waals surface area contributed by atoms with Crippen LogP contribution in [-0.4, -0.2) is 41.5 Å². The molecular weight excluding hydrogens is 384 g/mol. The van der Waals surface area contributed by atoms with Gasteiger partial charge in [-0.25, -0.2) is 0 Å². The van der Waals surface area contributed by atoms with Gasteiger partial charge in [0.2, 0.25) is 5.78 Å². The van der Waals surface area contributed by atoms with E-state index in [-0.39, 0.29) is 18.3 Å². The number of hydrogen-bond acceptors (Lipinski definition) is 10. The van der Waals surface area contributed by atoms with Crippen molar-refractivity contribution < 1.29 is 38.9 Å². The Labute approximate surface area is 153 Å². The molecule has 2 aromatic heterocycles. The third-order valence-corrected chi connectivity index (χ3v) is 4.37. The maximum Gasteiger partial charge on any atom is 0.344 e. The summed E-state index contributed by atoms with van der Waals surface area (Å²) in [5.41, 5.74) is -7.44. The molecule has 0 unspecified atom stereocenters. The minimum atomic E-state index is -1.48. The molecule has 0 spiro atoms. The lowest BCUT2D eigenvalue weighted by molar-refractivity contribution is -0.522. The smallest absolute Gasteiger partial charge is 0.344 e. The van der Waals surface area contributed by atoms with Gasteiger partial charge in [-0.05, 0) is 0 Å². The molecule has 14 nitrogen and oxygen atoms in total. The van der Waals surface area contributed by atoms with Gasteiger partial charge < -0.3 is 40.3 Å². The van der Waals surface area contributed by atoms with E-state index in [0.717, 1.165) is 0 Å². The summed E-state index contributed by atoms with van der Waals surface area (Å²) in [6.07, 6.45) is 0. The van der Waals surface area contributed by atoms with Crippen LogP contribution in [0.3, 0.4) is 0 Å². The standard InChI is InChI=1S/C14H12N4O10/c19-1-5-6(2-20)16(26)10-9(15(5)25)13(23)11-12(14(10)24)18(28)8(4-22)7(3-21)17(11)27/h19-22H,1-4H2. The summed E-state index contributed by atoms with van der Waals surface area (Å²) in [6, 6.07) is 0. The first kappa shape index (κ1) is 19.3. The Morgan fingerprint density at radius 1 is 0.679 bits per heavy atom. The number of hydrogen-bond donors (Lipinski definition) is 4. The number of aliphatic hydroxyl groups is 4. The molecule has 0 radical (unpaired) electrons. The maximum atomic E-state index is 12.7. The highest BCUT2D eigenvalue weighted by Crippen LogP contribution is 2.26. The molecule has 4 N–H and O–H groups in total. The van der Waals surface area contributed by atoms with Crippen LogP contribution in [0.15, 0.2) is 0 Å². The zero-order valence-corrected chi connectivity index (χ0v) is 13.9. The number of aliphatic hydroxyl groups excluding tert-OH is 4. The minimum absolute atomic E-state index is 0.272. The van der Waals surface area contributed by atoms with E-state index in [1.54, 1.807) is 0 Å². The molecule has 2 heterocycles. The van der Waals surface area contributed by atoms with E-state index in [1.165, 1.54) is 0 Å². The van der Waals surface area contributed by atoms with Crippen molar-refractivity contribution in [2.75, 3.05) is 0 Å². The molecule has 0 saturated heterocycles. The fourth-order valence-corrected chi connectivity index (χ4v) is 3.04. The number of carbonyl (C=O) groups excluding carboxylic acids is 2. The molecular formula is C14H12N4O10. The van der Waals surface area contributed by atoms with Crippen LogP contribution in [0.2, 0.25) is 0 Å². The Morgan fingerprint density at radius 2 is 1.04 bits per heavy atom. The SMILES string of the molecule is O=C1c2c([n+](=O)c(CO)c(CO)n2[O-])C(=O)c2c1n([O-])c(CO)c(CO)[n+]2=O. The molecule has 3 rings (SSSR count). The Balaban J connectivity index is 2.54. The van der Waals surface area contributed by atoms with Gasteiger partial charge >= 0.3 is 17.2 Å². The summed E-state index contributed by atoms with van der Waals surface area (Å²) < 4.78 is -1.09. The average molecular weight is 396 g/mol. The fraction of sp³-hybridized carbons (Fsp3) is 0.286. The maximum absolute atomic E-state index is 12.7. The molecule has 0 aliphatic heterocycles. The zero-order valence-electron chi connectivity index (χ0n) is 13.9. The van der Waals surface area contributed by atoms with Crippen molar-refractivity contribution in [3.05, 3.63) is 65.8 Å². The van der Waals surface area contributed by atoms with Crippen LogP contribution in [0.4, 0.5) is 0 Å². The summed E-state index contributed by atoms with van der Waals surface area (Å²) in [4.78, 5) is 50.4. The van der Waals surface area contributed by atoms with Crippen molar-refractivity contribution in [1.82, 2.24) is 9.46 Å². The molecule has 0 amide bonds. The average Bonchev–Trinajstić information content (AvgIpc) is 2.67. The molecule has 14 heteroatoms. The second kappa shape index (κ2) is 6.61. The van der Waals surface area contributed by atoms with Crippen molar-refractivity contribution in [2.45, 2.75) is 26.4 Å². The van der Waals surface area contributed by atoms with Gasteiger partial charge in [0, 0.05) is 9.81 Å². The lowest BCUT2D eigenvalue weighted by Crippen LogP contribution is -2.47. The number of ketones is 2. The summed E-state index contributed by atoms with van der Waals surface area (Å²) >= 11 is 0. The monoisotopic (exact) mass is 396 g/mol. The molecule has 0 saturated carbocycles. The van der Waals surface area contributed by atoms with Gasteiger partial charge in [-0.3, -0.25) is 9.59 Å². The first-order valence-electron chi connectivity index (χ1n) is 7.61. The van der Waals surface area contributed by atoms with Gasteiger partial charge in [-0.15, -0.1) is 0 Å². The highest BCUT2D eigenvalue weighted by molar-refractivity contribution is 6.24. The number of nitrogens with zero attached hydrogens (tertiary/aromatic N) is 4. The van der Waals surface area contributed by atoms with Crippen LogP contribution in [-0.2, 0) is 26.4 Å². The number of carbonyl (C=O) groups is 2. The van der Waals surface area contributed by atoms with Crippen molar-refractivity contribution >= 4 is 11.6 Å². The summed E-state index contributed by atoms with van der Waals surface area (Å²) in [7, 11) is 0. The van der Waals surface area contributed by atoms with E-state index in [1.807, 2.05) is 0 Å². The van der Waals surface area contributed by atoms with E-state index >= 15 is 0 Å². The van der Waals surface area contributed by atoms with Crippen molar-refractivity contribution in [1.29, 1.82) is 0 Å². The third-order valence-electron chi connectivity index (χ3n) is 4.37. The van der Waals surface area contributed by atoms with Crippen LogP contribution in [0.25, 0.3) is 0 Å². The Morgan fingerprint density at radius 3 is 1.32 bits per heavy atom. The summed E-state index contributed by atoms with van der Waals surface area (Å²) in [6.45, 7) is -4.30. The highest BCUT2D eigenvalue weighted by atomic mass is 16.5. The van der Waals surface area contributed by atoms with E-state index in [4.69, 9.17) is 0 Å². The van der Waals surface area contributed by atoms with Gasteiger partial charge in [-0.2, -0.15) is 0 Å². The first-order valence-corrected chi connectivity index (χ1v) is 7.61. The molecule has 28 heavy (non-hydrogen) atoms. The van der Waals surface area contributed by atoms with Gasteiger partial charge in [-0.1, -0.05) is 0 Å². The van der Waals surface area contributed by atoms with Crippen LogP contribution in [0, 0.1) is 20.2 Å². The molecule has 0 fully saturated rings. The second-order valence-corrected chi connectivity index (χ2v) is 5.65. The quantitative estimate of drug-likeness (QED) is 0.320. The van der Waals surface area contributed by atoms with Crippen molar-refractivity contribution in [2.24, 2.45) is 0 Å². The Bertz CT molecular complexity index is 1080. The van der Waals surface area contributed by atoms with Gasteiger partial charge in [0.25, 0.3) is 11.4 Å². The van der Waals surface area contributed by atoms with Gasteiger partial charge in [0.05, 0.1) is 22.1 Å². The molecule has 0 bridgehead atoms. The largest absolute Gasteiger partial charge is 0.805 e. The van der Waals surface area contributed by atoms with Crippen LogP contribution in [0.1, 0.15) is 55.1 Å². The zero-order chi connectivity index (χ0) is 20.9. The number of aromatic nitrogens is 4. The van der Waals surface area contributed by atoms with E-state index in [9.17, 15) is 50.2 Å². The number of fused-ring (bicyclic) bond motifs is 2. The summed E-state index contributed by atoms with van der Waals surface area (Å²) in [5, 5.41) is 62.1. The van der Waals surface area contributed by atoms with Crippen molar-refractivity contribution in [3.63, 3.8) is 0 Å². The predicted octanol–water partition coefficient (Wildman–Crippen LogP) is -3.44. The normalized spacial score (nSPS) is 12.9. The highest BCUT2D eigenvalue weighted by Gasteiger charge is 2.50. The molecule has 1 aliphatic carbocycles. The van der Waals surface area contributed by atoms with E-state index in [0.29, 0.717) is 0 Å². The first-order chi connectivity index (χ1) is 13.3. The van der Waals surface area contributed by atoms with Crippen LogP contribution in [0.5, 0.6) is 0 Å². The molecule has 0 atom stereocenters. The molecule has 2 aromatic rings.